The van der Waals surface area contributed by atoms with Crippen molar-refractivity contribution in [3.05, 3.63) is 53.9 Å². The van der Waals surface area contributed by atoms with Crippen LogP contribution in [0.5, 0.6) is 11.5 Å². The summed E-state index contributed by atoms with van der Waals surface area (Å²) in [5.41, 5.74) is 1.25. The summed E-state index contributed by atoms with van der Waals surface area (Å²) in [7, 11) is 3.16. The molecule has 0 saturated carbocycles. The summed E-state index contributed by atoms with van der Waals surface area (Å²) in [6, 6.07) is 10.7. The molecule has 0 spiro atoms. The fraction of sp³-hybridized carbons (Fsp3) is 0.214. The quantitative estimate of drug-likeness (QED) is 0.897. The van der Waals surface area contributed by atoms with E-state index in [0.29, 0.717) is 11.4 Å². The van der Waals surface area contributed by atoms with E-state index in [9.17, 15) is 5.11 Å². The first-order chi connectivity index (χ1) is 8.76. The van der Waals surface area contributed by atoms with Gasteiger partial charge in [-0.15, -0.1) is 0 Å². The first-order valence-electron chi connectivity index (χ1n) is 5.57. The molecule has 0 amide bonds. The lowest BCUT2D eigenvalue weighted by Crippen LogP contribution is -2.04. The molecule has 1 heterocycles. The minimum absolute atomic E-state index is 0.505. The first kappa shape index (κ1) is 12.4. The summed E-state index contributed by atoms with van der Waals surface area (Å²) in [5.74, 6) is 1.32. The number of aliphatic hydroxyl groups excluding tert-OH is 1. The van der Waals surface area contributed by atoms with E-state index >= 15 is 0 Å². The topological polar surface area (TPSA) is 51.6 Å². The van der Waals surface area contributed by atoms with Crippen LogP contribution in [0.25, 0.3) is 0 Å². The average Bonchev–Trinajstić information content (AvgIpc) is 2.46. The van der Waals surface area contributed by atoms with Crippen LogP contribution in [0, 0.1) is 0 Å². The maximum atomic E-state index is 10.3. The number of hydrogen-bond donors (Lipinski definition) is 1. The normalized spacial score (nSPS) is 11.9. The minimum atomic E-state index is -0.813. The van der Waals surface area contributed by atoms with Crippen molar-refractivity contribution in [1.29, 1.82) is 0 Å². The van der Waals surface area contributed by atoms with Crippen LogP contribution in [0.15, 0.2) is 42.6 Å². The van der Waals surface area contributed by atoms with Crippen molar-refractivity contribution in [2.24, 2.45) is 0 Å². The highest BCUT2D eigenvalue weighted by Gasteiger charge is 2.16. The Labute approximate surface area is 106 Å². The van der Waals surface area contributed by atoms with Crippen molar-refractivity contribution in [3.63, 3.8) is 0 Å². The van der Waals surface area contributed by atoms with Crippen LogP contribution in [-0.2, 0) is 0 Å². The molecule has 2 rings (SSSR count). The van der Waals surface area contributed by atoms with Crippen LogP contribution < -0.4 is 9.47 Å². The van der Waals surface area contributed by atoms with E-state index in [1.807, 2.05) is 0 Å². The Morgan fingerprint density at radius 1 is 1.06 bits per heavy atom. The van der Waals surface area contributed by atoms with E-state index < -0.39 is 6.10 Å². The molecule has 0 aliphatic heterocycles. The van der Waals surface area contributed by atoms with Gasteiger partial charge in [-0.25, -0.2) is 0 Å². The summed E-state index contributed by atoms with van der Waals surface area (Å²) in [5, 5.41) is 10.3. The van der Waals surface area contributed by atoms with Gasteiger partial charge in [-0.05, 0) is 29.8 Å². The smallest absolute Gasteiger partial charge is 0.143 e. The third-order valence-corrected chi connectivity index (χ3v) is 2.71. The van der Waals surface area contributed by atoms with Gasteiger partial charge in [0.25, 0.3) is 0 Å². The van der Waals surface area contributed by atoms with Crippen LogP contribution in [0.2, 0.25) is 0 Å². The molecule has 0 fully saturated rings. The second-order valence-corrected chi connectivity index (χ2v) is 3.77. The SMILES string of the molecule is COc1ccc(C(O)c2ncccc2OC)cc1. The predicted molar refractivity (Wildman–Crippen MR) is 67.8 cm³/mol. The molecule has 2 aromatic rings. The van der Waals surface area contributed by atoms with Crippen molar-refractivity contribution >= 4 is 0 Å². The van der Waals surface area contributed by atoms with E-state index in [0.717, 1.165) is 11.3 Å². The third-order valence-electron chi connectivity index (χ3n) is 2.71. The summed E-state index contributed by atoms with van der Waals surface area (Å²) in [6.07, 6.45) is 0.817. The Hall–Kier alpha value is -2.07. The lowest BCUT2D eigenvalue weighted by atomic mass is 10.1. The van der Waals surface area contributed by atoms with Gasteiger partial charge in [0.05, 0.1) is 14.2 Å². The monoisotopic (exact) mass is 245 g/mol. The molecular formula is C14H15NO3. The number of benzene rings is 1. The highest BCUT2D eigenvalue weighted by molar-refractivity contribution is 5.37. The number of nitrogens with zero attached hydrogens (tertiary/aromatic N) is 1. The van der Waals surface area contributed by atoms with Gasteiger partial charge in [-0.3, -0.25) is 4.98 Å². The predicted octanol–water partition coefficient (Wildman–Crippen LogP) is 2.18. The molecule has 18 heavy (non-hydrogen) atoms. The van der Waals surface area contributed by atoms with Crippen molar-refractivity contribution in [1.82, 2.24) is 4.98 Å². The minimum Gasteiger partial charge on any atom is -0.497 e. The largest absolute Gasteiger partial charge is 0.497 e. The Balaban J connectivity index is 2.31. The molecule has 4 nitrogen and oxygen atoms in total. The fourth-order valence-corrected chi connectivity index (χ4v) is 1.72. The summed E-state index contributed by atoms with van der Waals surface area (Å²) in [6.45, 7) is 0. The molecule has 1 aromatic carbocycles. The van der Waals surface area contributed by atoms with Gasteiger partial charge < -0.3 is 14.6 Å². The lowest BCUT2D eigenvalue weighted by Gasteiger charge is -2.14. The Bertz CT molecular complexity index is 511. The average molecular weight is 245 g/mol. The zero-order chi connectivity index (χ0) is 13.0. The Morgan fingerprint density at radius 3 is 2.39 bits per heavy atom. The molecule has 1 N–H and O–H groups in total. The standard InChI is InChI=1S/C14H15NO3/c1-17-11-7-5-10(6-8-11)14(16)13-12(18-2)4-3-9-15-13/h3-9,14,16H,1-2H3. The molecule has 0 saturated heterocycles. The molecule has 1 unspecified atom stereocenters. The highest BCUT2D eigenvalue weighted by atomic mass is 16.5. The first-order valence-corrected chi connectivity index (χ1v) is 5.57. The van der Waals surface area contributed by atoms with Crippen molar-refractivity contribution in [3.8, 4) is 11.5 Å². The van der Waals surface area contributed by atoms with E-state index in [2.05, 4.69) is 4.98 Å². The molecule has 94 valence electrons. The van der Waals surface area contributed by atoms with Gasteiger partial charge >= 0.3 is 0 Å². The molecule has 1 aromatic heterocycles. The second-order valence-electron chi connectivity index (χ2n) is 3.77. The van der Waals surface area contributed by atoms with E-state index in [4.69, 9.17) is 9.47 Å². The van der Waals surface area contributed by atoms with Gasteiger partial charge in [0.1, 0.15) is 23.3 Å². The molecule has 0 radical (unpaired) electrons. The number of rotatable bonds is 4. The van der Waals surface area contributed by atoms with Crippen LogP contribution in [0.3, 0.4) is 0 Å². The molecule has 4 heteroatoms. The number of methoxy groups -OCH3 is 2. The van der Waals surface area contributed by atoms with Gasteiger partial charge in [-0.2, -0.15) is 0 Å². The van der Waals surface area contributed by atoms with Crippen molar-refractivity contribution < 1.29 is 14.6 Å². The number of pyridine rings is 1. The Morgan fingerprint density at radius 2 is 1.78 bits per heavy atom. The Kier molecular flexibility index (Phi) is 3.79. The number of aromatic nitrogens is 1. The van der Waals surface area contributed by atoms with E-state index in [-0.39, 0.29) is 0 Å². The zero-order valence-corrected chi connectivity index (χ0v) is 10.3. The zero-order valence-electron chi connectivity index (χ0n) is 10.3. The maximum Gasteiger partial charge on any atom is 0.143 e. The molecular weight excluding hydrogens is 230 g/mol. The van der Waals surface area contributed by atoms with Crippen molar-refractivity contribution in [2.75, 3.05) is 14.2 Å². The molecule has 0 aliphatic rings. The van der Waals surface area contributed by atoms with Gasteiger partial charge in [-0.1, -0.05) is 12.1 Å². The third kappa shape index (κ3) is 2.43. The highest BCUT2D eigenvalue weighted by Crippen LogP contribution is 2.28. The lowest BCUT2D eigenvalue weighted by molar-refractivity contribution is 0.209. The van der Waals surface area contributed by atoms with Crippen LogP contribution in [-0.4, -0.2) is 24.3 Å². The summed E-state index contributed by atoms with van der Waals surface area (Å²) < 4.78 is 10.3. The van der Waals surface area contributed by atoms with Crippen LogP contribution >= 0.6 is 0 Å². The van der Waals surface area contributed by atoms with Crippen LogP contribution in [0.1, 0.15) is 17.4 Å². The second kappa shape index (κ2) is 5.51. The number of aliphatic hydroxyl groups is 1. The molecule has 1 atom stereocenters. The van der Waals surface area contributed by atoms with Gasteiger partial charge in [0, 0.05) is 6.20 Å². The van der Waals surface area contributed by atoms with Crippen LogP contribution in [0.4, 0.5) is 0 Å². The molecule has 0 aliphatic carbocycles. The number of ether oxygens (including phenoxy) is 2. The van der Waals surface area contributed by atoms with Gasteiger partial charge in [0.15, 0.2) is 0 Å². The molecule has 0 bridgehead atoms. The van der Waals surface area contributed by atoms with Crippen molar-refractivity contribution in [2.45, 2.75) is 6.10 Å². The fourth-order valence-electron chi connectivity index (χ4n) is 1.72. The summed E-state index contributed by atoms with van der Waals surface area (Å²) >= 11 is 0. The van der Waals surface area contributed by atoms with E-state index in [1.54, 1.807) is 56.8 Å². The summed E-state index contributed by atoms with van der Waals surface area (Å²) in [4.78, 5) is 4.16. The van der Waals surface area contributed by atoms with E-state index in [1.165, 1.54) is 0 Å². The van der Waals surface area contributed by atoms with Gasteiger partial charge in [0.2, 0.25) is 0 Å². The maximum absolute atomic E-state index is 10.3. The number of hydrogen-bond acceptors (Lipinski definition) is 4.